The van der Waals surface area contributed by atoms with Gasteiger partial charge in [0.05, 0.1) is 0 Å². The molecule has 1 amide bonds. The van der Waals surface area contributed by atoms with Crippen LogP contribution in [0.25, 0.3) is 0 Å². The van der Waals surface area contributed by atoms with Gasteiger partial charge in [0.25, 0.3) is 5.91 Å². The molecule has 0 aliphatic carbocycles. The van der Waals surface area contributed by atoms with Gasteiger partial charge in [-0.25, -0.2) is 0 Å². The van der Waals surface area contributed by atoms with Crippen LogP contribution >= 0.6 is 0 Å². The van der Waals surface area contributed by atoms with Crippen LogP contribution in [0.15, 0.2) is 23.0 Å². The third kappa shape index (κ3) is 3.86. The molecule has 0 aromatic carbocycles. The lowest BCUT2D eigenvalue weighted by Crippen LogP contribution is -2.34. The average molecular weight is 224 g/mol. The fourth-order valence-electron chi connectivity index (χ4n) is 1.25. The Morgan fingerprint density at radius 3 is 2.94 bits per heavy atom. The third-order valence-electron chi connectivity index (χ3n) is 2.15. The van der Waals surface area contributed by atoms with E-state index in [4.69, 9.17) is 4.74 Å². The molecule has 0 saturated carbocycles. The quantitative estimate of drug-likeness (QED) is 0.766. The highest BCUT2D eigenvalue weighted by molar-refractivity contribution is 5.92. The molecule has 1 aromatic rings. The van der Waals surface area contributed by atoms with Gasteiger partial charge in [-0.1, -0.05) is 6.07 Å². The zero-order valence-corrected chi connectivity index (χ0v) is 9.45. The Kier molecular flexibility index (Phi) is 4.72. The summed E-state index contributed by atoms with van der Waals surface area (Å²) in [5, 5.41) is 2.77. The lowest BCUT2D eigenvalue weighted by Gasteiger charge is -2.12. The predicted molar refractivity (Wildman–Crippen MR) is 60.5 cm³/mol. The van der Waals surface area contributed by atoms with E-state index in [0.29, 0.717) is 6.61 Å². The highest BCUT2D eigenvalue weighted by Crippen LogP contribution is 1.95. The maximum Gasteiger partial charge on any atom is 0.268 e. The standard InChI is InChI=1S/C11H16N2O3/c1-8(6-7-16-2)12-11(15)9-4-3-5-10(14)13-9/h3-5,8H,6-7H2,1-2H3,(H,12,15)(H,13,14). The average Bonchev–Trinajstić information content (AvgIpc) is 2.26. The SMILES string of the molecule is COCCC(C)NC(=O)c1cccc(=O)[nH]1. The van der Waals surface area contributed by atoms with Gasteiger partial charge >= 0.3 is 0 Å². The van der Waals surface area contributed by atoms with E-state index in [0.717, 1.165) is 6.42 Å². The minimum absolute atomic E-state index is 0.0103. The largest absolute Gasteiger partial charge is 0.385 e. The van der Waals surface area contributed by atoms with Crippen molar-refractivity contribution in [3.8, 4) is 0 Å². The van der Waals surface area contributed by atoms with E-state index < -0.39 is 0 Å². The number of hydrogen-bond donors (Lipinski definition) is 2. The molecule has 0 aliphatic heterocycles. The molecular weight excluding hydrogens is 208 g/mol. The number of carbonyl (C=O) groups is 1. The minimum Gasteiger partial charge on any atom is -0.385 e. The van der Waals surface area contributed by atoms with Gasteiger partial charge in [-0.05, 0) is 19.4 Å². The van der Waals surface area contributed by atoms with E-state index in [1.54, 1.807) is 19.2 Å². The highest BCUT2D eigenvalue weighted by Gasteiger charge is 2.09. The van der Waals surface area contributed by atoms with Gasteiger partial charge in [-0.15, -0.1) is 0 Å². The van der Waals surface area contributed by atoms with Crippen LogP contribution in [0.4, 0.5) is 0 Å². The van der Waals surface area contributed by atoms with Crippen LogP contribution in [0.2, 0.25) is 0 Å². The predicted octanol–water partition coefficient (Wildman–Crippen LogP) is 0.530. The molecule has 0 radical (unpaired) electrons. The van der Waals surface area contributed by atoms with Crippen LogP contribution in [-0.4, -0.2) is 30.6 Å². The van der Waals surface area contributed by atoms with Gasteiger partial charge in [0, 0.05) is 25.8 Å². The second kappa shape index (κ2) is 6.07. The van der Waals surface area contributed by atoms with Crippen LogP contribution in [0.3, 0.4) is 0 Å². The Hall–Kier alpha value is -1.62. The molecule has 5 nitrogen and oxygen atoms in total. The molecule has 2 N–H and O–H groups in total. The summed E-state index contributed by atoms with van der Waals surface area (Å²) in [6.45, 7) is 2.48. The fourth-order valence-corrected chi connectivity index (χ4v) is 1.25. The Bertz CT molecular complexity index is 400. The first kappa shape index (κ1) is 12.4. The monoisotopic (exact) mass is 224 g/mol. The van der Waals surface area contributed by atoms with E-state index in [9.17, 15) is 9.59 Å². The van der Waals surface area contributed by atoms with Crippen LogP contribution in [-0.2, 0) is 4.74 Å². The van der Waals surface area contributed by atoms with Crippen molar-refractivity contribution in [2.75, 3.05) is 13.7 Å². The molecule has 16 heavy (non-hydrogen) atoms. The molecule has 88 valence electrons. The van der Waals surface area contributed by atoms with E-state index >= 15 is 0 Å². The lowest BCUT2D eigenvalue weighted by atomic mass is 10.2. The van der Waals surface area contributed by atoms with Gasteiger partial charge < -0.3 is 15.0 Å². The van der Waals surface area contributed by atoms with Crippen molar-refractivity contribution in [1.82, 2.24) is 10.3 Å². The smallest absolute Gasteiger partial charge is 0.268 e. The number of H-pyrrole nitrogens is 1. The second-order valence-electron chi connectivity index (χ2n) is 3.58. The highest BCUT2D eigenvalue weighted by atomic mass is 16.5. The molecule has 5 heteroatoms. The fraction of sp³-hybridized carbons (Fsp3) is 0.455. The summed E-state index contributed by atoms with van der Waals surface area (Å²) in [6.07, 6.45) is 0.735. The van der Waals surface area contributed by atoms with Crippen molar-refractivity contribution in [1.29, 1.82) is 0 Å². The number of aromatic amines is 1. The van der Waals surface area contributed by atoms with Crippen LogP contribution in [0.5, 0.6) is 0 Å². The summed E-state index contributed by atoms with van der Waals surface area (Å²) in [6, 6.07) is 4.49. The topological polar surface area (TPSA) is 71.2 Å². The van der Waals surface area contributed by atoms with Gasteiger partial charge in [0.15, 0.2) is 0 Å². The first-order valence-corrected chi connectivity index (χ1v) is 5.12. The van der Waals surface area contributed by atoms with Gasteiger partial charge in [-0.3, -0.25) is 9.59 Å². The van der Waals surface area contributed by atoms with E-state index in [-0.39, 0.29) is 23.2 Å². The summed E-state index contributed by atoms with van der Waals surface area (Å²) < 4.78 is 4.91. The maximum atomic E-state index is 11.6. The number of methoxy groups -OCH3 is 1. The van der Waals surface area contributed by atoms with E-state index in [1.807, 2.05) is 6.92 Å². The molecule has 1 rings (SSSR count). The molecule has 0 aliphatic rings. The summed E-state index contributed by atoms with van der Waals surface area (Å²) in [5.41, 5.74) is -0.00559. The Balaban J connectivity index is 2.55. The first-order valence-electron chi connectivity index (χ1n) is 5.12. The first-order chi connectivity index (χ1) is 7.63. The Morgan fingerprint density at radius 1 is 1.56 bits per heavy atom. The maximum absolute atomic E-state index is 11.6. The zero-order chi connectivity index (χ0) is 12.0. The minimum atomic E-state index is -0.280. The molecule has 0 bridgehead atoms. The van der Waals surface area contributed by atoms with Crippen LogP contribution < -0.4 is 10.9 Å². The van der Waals surface area contributed by atoms with Crippen LogP contribution in [0, 0.1) is 0 Å². The Labute approximate surface area is 93.8 Å². The van der Waals surface area contributed by atoms with Crippen molar-refractivity contribution in [3.63, 3.8) is 0 Å². The number of hydrogen-bond acceptors (Lipinski definition) is 3. The van der Waals surface area contributed by atoms with Gasteiger partial charge in [-0.2, -0.15) is 0 Å². The number of pyridine rings is 1. The van der Waals surface area contributed by atoms with Crippen molar-refractivity contribution in [2.24, 2.45) is 0 Å². The van der Waals surface area contributed by atoms with E-state index in [1.165, 1.54) is 6.07 Å². The number of nitrogens with one attached hydrogen (secondary N) is 2. The van der Waals surface area contributed by atoms with Crippen molar-refractivity contribution in [3.05, 3.63) is 34.2 Å². The van der Waals surface area contributed by atoms with Gasteiger partial charge in [0.1, 0.15) is 5.69 Å². The molecular formula is C11H16N2O3. The summed E-state index contributed by atoms with van der Waals surface area (Å²) in [7, 11) is 1.61. The molecule has 1 heterocycles. The van der Waals surface area contributed by atoms with E-state index in [2.05, 4.69) is 10.3 Å². The summed E-state index contributed by atoms with van der Waals surface area (Å²) >= 11 is 0. The number of amides is 1. The number of ether oxygens (including phenoxy) is 1. The molecule has 1 aromatic heterocycles. The summed E-state index contributed by atoms with van der Waals surface area (Å²) in [4.78, 5) is 25.1. The normalized spacial score (nSPS) is 12.1. The number of aromatic nitrogens is 1. The van der Waals surface area contributed by atoms with Crippen LogP contribution in [0.1, 0.15) is 23.8 Å². The Morgan fingerprint density at radius 2 is 2.31 bits per heavy atom. The molecule has 0 spiro atoms. The van der Waals surface area contributed by atoms with Crippen molar-refractivity contribution in [2.45, 2.75) is 19.4 Å². The van der Waals surface area contributed by atoms with Crippen molar-refractivity contribution >= 4 is 5.91 Å². The number of rotatable bonds is 5. The van der Waals surface area contributed by atoms with Gasteiger partial charge in [0.2, 0.25) is 5.56 Å². The molecule has 0 saturated heterocycles. The molecule has 0 fully saturated rings. The third-order valence-corrected chi connectivity index (χ3v) is 2.15. The molecule has 1 unspecified atom stereocenters. The zero-order valence-electron chi connectivity index (χ0n) is 9.45. The van der Waals surface area contributed by atoms with Crippen molar-refractivity contribution < 1.29 is 9.53 Å². The number of carbonyl (C=O) groups excluding carboxylic acids is 1. The second-order valence-corrected chi connectivity index (χ2v) is 3.58. The molecule has 1 atom stereocenters. The lowest BCUT2D eigenvalue weighted by molar-refractivity contribution is 0.0924. The summed E-state index contributed by atoms with van der Waals surface area (Å²) in [5.74, 6) is -0.277.